The number of benzene rings is 1. The van der Waals surface area contributed by atoms with Gasteiger partial charge in [0.2, 0.25) is 0 Å². The van der Waals surface area contributed by atoms with Gasteiger partial charge in [-0.2, -0.15) is 0 Å². The SMILES string of the molecule is Fc1ccc(CCNC(=NCCN2CCOCC2)NCCc2ccco2)cc1.I. The monoisotopic (exact) mass is 516 g/mol. The van der Waals surface area contributed by atoms with Gasteiger partial charge in [0.05, 0.1) is 26.0 Å². The number of rotatable bonds is 9. The first-order chi connectivity index (χ1) is 13.8. The van der Waals surface area contributed by atoms with Crippen molar-refractivity contribution < 1.29 is 13.5 Å². The molecule has 2 aromatic rings. The fourth-order valence-electron chi connectivity index (χ4n) is 3.04. The second-order valence-corrected chi connectivity index (χ2v) is 6.74. The van der Waals surface area contributed by atoms with E-state index in [1.807, 2.05) is 24.3 Å². The lowest BCUT2D eigenvalue weighted by Crippen LogP contribution is -2.41. The zero-order chi connectivity index (χ0) is 19.4. The molecule has 6 nitrogen and oxygen atoms in total. The predicted molar refractivity (Wildman–Crippen MR) is 123 cm³/mol. The van der Waals surface area contributed by atoms with Gasteiger partial charge < -0.3 is 19.8 Å². The Morgan fingerprint density at radius 1 is 1.03 bits per heavy atom. The van der Waals surface area contributed by atoms with Crippen molar-refractivity contribution in [2.24, 2.45) is 4.99 Å². The number of morpholine rings is 1. The van der Waals surface area contributed by atoms with Gasteiger partial charge >= 0.3 is 0 Å². The summed E-state index contributed by atoms with van der Waals surface area (Å²) in [5.74, 6) is 1.54. The Bertz CT molecular complexity index is 704. The molecule has 3 rings (SSSR count). The van der Waals surface area contributed by atoms with Crippen LogP contribution in [0.25, 0.3) is 0 Å². The van der Waals surface area contributed by atoms with Gasteiger partial charge in [0.15, 0.2) is 5.96 Å². The van der Waals surface area contributed by atoms with Crippen molar-refractivity contribution in [2.45, 2.75) is 12.8 Å². The average molecular weight is 516 g/mol. The zero-order valence-corrected chi connectivity index (χ0v) is 18.9. The largest absolute Gasteiger partial charge is 0.469 e. The third-order valence-electron chi connectivity index (χ3n) is 4.65. The fraction of sp³-hybridized carbons (Fsp3) is 0.476. The number of furan rings is 1. The van der Waals surface area contributed by atoms with Crippen LogP contribution in [0.4, 0.5) is 4.39 Å². The number of hydrogen-bond acceptors (Lipinski definition) is 4. The summed E-state index contributed by atoms with van der Waals surface area (Å²) in [6.45, 7) is 6.66. The van der Waals surface area contributed by atoms with E-state index in [0.29, 0.717) is 0 Å². The van der Waals surface area contributed by atoms with E-state index >= 15 is 0 Å². The van der Waals surface area contributed by atoms with Gasteiger partial charge in [-0.05, 0) is 36.2 Å². The molecular formula is C21H30FIN4O2. The van der Waals surface area contributed by atoms with E-state index in [0.717, 1.165) is 82.6 Å². The minimum Gasteiger partial charge on any atom is -0.469 e. The Hall–Kier alpha value is -1.65. The van der Waals surface area contributed by atoms with Gasteiger partial charge in [-0.15, -0.1) is 24.0 Å². The third kappa shape index (κ3) is 9.14. The van der Waals surface area contributed by atoms with Crippen LogP contribution < -0.4 is 10.6 Å². The van der Waals surface area contributed by atoms with Gasteiger partial charge in [0.25, 0.3) is 0 Å². The fourth-order valence-corrected chi connectivity index (χ4v) is 3.04. The quantitative estimate of drug-likeness (QED) is 0.305. The second kappa shape index (κ2) is 13.6. The van der Waals surface area contributed by atoms with E-state index in [4.69, 9.17) is 14.1 Å². The van der Waals surface area contributed by atoms with Crippen LogP contribution in [-0.2, 0) is 17.6 Å². The zero-order valence-electron chi connectivity index (χ0n) is 16.6. The van der Waals surface area contributed by atoms with Crippen molar-refractivity contribution >= 4 is 29.9 Å². The minimum absolute atomic E-state index is 0. The first kappa shape index (κ1) is 23.6. The molecule has 2 heterocycles. The van der Waals surface area contributed by atoms with Crippen LogP contribution >= 0.6 is 24.0 Å². The van der Waals surface area contributed by atoms with Crippen molar-refractivity contribution in [1.82, 2.24) is 15.5 Å². The first-order valence-corrected chi connectivity index (χ1v) is 9.89. The summed E-state index contributed by atoms with van der Waals surface area (Å²) >= 11 is 0. The van der Waals surface area contributed by atoms with E-state index in [1.165, 1.54) is 12.1 Å². The van der Waals surface area contributed by atoms with E-state index in [1.54, 1.807) is 6.26 Å². The number of aliphatic imine (C=N–C) groups is 1. The van der Waals surface area contributed by atoms with E-state index in [9.17, 15) is 4.39 Å². The Kier molecular flexibility index (Phi) is 11.0. The molecule has 0 aliphatic carbocycles. The summed E-state index contributed by atoms with van der Waals surface area (Å²) in [4.78, 5) is 7.07. The highest BCUT2D eigenvalue weighted by molar-refractivity contribution is 14.0. The van der Waals surface area contributed by atoms with Crippen LogP contribution in [0.5, 0.6) is 0 Å². The molecule has 0 atom stereocenters. The Morgan fingerprint density at radius 2 is 1.76 bits per heavy atom. The molecule has 0 spiro atoms. The highest BCUT2D eigenvalue weighted by atomic mass is 127. The number of nitrogens with one attached hydrogen (secondary N) is 2. The molecule has 1 aromatic carbocycles. The molecule has 1 saturated heterocycles. The molecule has 0 amide bonds. The number of ether oxygens (including phenoxy) is 1. The van der Waals surface area contributed by atoms with E-state index in [2.05, 4.69) is 15.5 Å². The highest BCUT2D eigenvalue weighted by Gasteiger charge is 2.09. The van der Waals surface area contributed by atoms with Gasteiger partial charge in [0.1, 0.15) is 11.6 Å². The molecule has 0 bridgehead atoms. The summed E-state index contributed by atoms with van der Waals surface area (Å²) in [6.07, 6.45) is 3.30. The first-order valence-electron chi connectivity index (χ1n) is 9.89. The molecule has 0 saturated carbocycles. The lowest BCUT2D eigenvalue weighted by atomic mass is 10.1. The van der Waals surface area contributed by atoms with Crippen LogP contribution in [0.15, 0.2) is 52.1 Å². The van der Waals surface area contributed by atoms with E-state index in [-0.39, 0.29) is 29.8 Å². The van der Waals surface area contributed by atoms with Crippen LogP contribution in [0.3, 0.4) is 0 Å². The topological polar surface area (TPSA) is 62.0 Å². The van der Waals surface area contributed by atoms with Crippen molar-refractivity contribution in [2.75, 3.05) is 52.5 Å². The lowest BCUT2D eigenvalue weighted by Gasteiger charge is -2.25. The summed E-state index contributed by atoms with van der Waals surface area (Å²) in [5, 5.41) is 6.74. The maximum absolute atomic E-state index is 13.0. The van der Waals surface area contributed by atoms with Crippen molar-refractivity contribution in [3.05, 3.63) is 59.8 Å². The molecule has 0 radical (unpaired) electrons. The molecule has 8 heteroatoms. The number of halogens is 2. The Morgan fingerprint density at radius 3 is 2.45 bits per heavy atom. The molecule has 1 aliphatic rings. The van der Waals surface area contributed by atoms with Crippen molar-refractivity contribution in [1.29, 1.82) is 0 Å². The molecular weight excluding hydrogens is 486 g/mol. The Balaban J connectivity index is 0.00000300. The summed E-state index contributed by atoms with van der Waals surface area (Å²) in [5.41, 5.74) is 1.09. The Labute approximate surface area is 188 Å². The molecule has 1 aliphatic heterocycles. The van der Waals surface area contributed by atoms with E-state index < -0.39 is 0 Å². The third-order valence-corrected chi connectivity index (χ3v) is 4.65. The van der Waals surface area contributed by atoms with Gasteiger partial charge in [-0.25, -0.2) is 4.39 Å². The molecule has 1 fully saturated rings. The molecule has 1 aromatic heterocycles. The number of hydrogen-bond donors (Lipinski definition) is 2. The van der Waals surface area contributed by atoms with Gasteiger partial charge in [0, 0.05) is 39.1 Å². The molecule has 29 heavy (non-hydrogen) atoms. The number of nitrogens with zero attached hydrogens (tertiary/aromatic N) is 2. The van der Waals surface area contributed by atoms with Crippen LogP contribution in [-0.4, -0.2) is 63.3 Å². The van der Waals surface area contributed by atoms with Gasteiger partial charge in [-0.3, -0.25) is 9.89 Å². The van der Waals surface area contributed by atoms with Crippen LogP contribution in [0.2, 0.25) is 0 Å². The second-order valence-electron chi connectivity index (χ2n) is 6.74. The molecule has 0 unspecified atom stereocenters. The van der Waals surface area contributed by atoms with Crippen LogP contribution in [0, 0.1) is 5.82 Å². The van der Waals surface area contributed by atoms with Crippen molar-refractivity contribution in [3.63, 3.8) is 0 Å². The molecule has 2 N–H and O–H groups in total. The summed E-state index contributed by atoms with van der Waals surface area (Å²) in [6, 6.07) is 10.5. The predicted octanol–water partition coefficient (Wildman–Crippen LogP) is 2.69. The minimum atomic E-state index is -0.207. The molecule has 160 valence electrons. The normalized spacial score (nSPS) is 15.0. The maximum Gasteiger partial charge on any atom is 0.191 e. The standard InChI is InChI=1S/C21H29FN4O2.HI/c22-19-5-3-18(4-6-19)7-9-23-21(24-10-8-20-2-1-15-28-20)25-11-12-26-13-16-27-17-14-26;/h1-6,15H,7-14,16-17H2,(H2,23,24,25);1H. The van der Waals surface area contributed by atoms with Crippen molar-refractivity contribution in [3.8, 4) is 0 Å². The van der Waals surface area contributed by atoms with Gasteiger partial charge in [-0.1, -0.05) is 12.1 Å². The average Bonchev–Trinajstić information content (AvgIpc) is 3.23. The highest BCUT2D eigenvalue weighted by Crippen LogP contribution is 2.03. The lowest BCUT2D eigenvalue weighted by molar-refractivity contribution is 0.0394. The van der Waals surface area contributed by atoms with Crippen LogP contribution in [0.1, 0.15) is 11.3 Å². The smallest absolute Gasteiger partial charge is 0.191 e. The summed E-state index contributed by atoms with van der Waals surface area (Å²) < 4.78 is 23.8. The number of guanidine groups is 1. The maximum atomic E-state index is 13.0. The summed E-state index contributed by atoms with van der Waals surface area (Å²) in [7, 11) is 0.